The van der Waals surface area contributed by atoms with Gasteiger partial charge in [0.15, 0.2) is 0 Å². The third-order valence-electron chi connectivity index (χ3n) is 3.28. The van der Waals surface area contributed by atoms with E-state index in [1.165, 1.54) is 0 Å². The Kier molecular flexibility index (Phi) is 4.74. The van der Waals surface area contributed by atoms with Crippen LogP contribution in [0.15, 0.2) is 48.5 Å². The maximum atomic E-state index is 9.98. The highest BCUT2D eigenvalue weighted by atomic mass is 16.3. The number of phenols is 1. The van der Waals surface area contributed by atoms with Crippen molar-refractivity contribution in [3.05, 3.63) is 54.1 Å². The van der Waals surface area contributed by atoms with E-state index in [1.807, 2.05) is 24.3 Å². The van der Waals surface area contributed by atoms with E-state index in [2.05, 4.69) is 0 Å². The van der Waals surface area contributed by atoms with Crippen molar-refractivity contribution in [2.75, 3.05) is 6.54 Å². The number of hydrogen-bond acceptors (Lipinski definition) is 4. The van der Waals surface area contributed by atoms with Crippen molar-refractivity contribution in [2.24, 2.45) is 5.73 Å². The number of aromatic hydroxyl groups is 1. The van der Waals surface area contributed by atoms with Gasteiger partial charge in [-0.05, 0) is 41.8 Å². The molecule has 0 bridgehead atoms. The van der Waals surface area contributed by atoms with Gasteiger partial charge < -0.3 is 21.1 Å². The molecule has 0 saturated heterocycles. The largest absolute Gasteiger partial charge is 0.508 e. The minimum atomic E-state index is -0.924. The van der Waals surface area contributed by atoms with Gasteiger partial charge in [0.05, 0.1) is 6.10 Å². The van der Waals surface area contributed by atoms with Gasteiger partial charge in [-0.3, -0.25) is 0 Å². The summed E-state index contributed by atoms with van der Waals surface area (Å²) in [7, 11) is 0. The fraction of sp³-hybridized carbons (Fsp3) is 0.250. The van der Waals surface area contributed by atoms with Crippen LogP contribution < -0.4 is 5.73 Å². The molecule has 0 aliphatic rings. The van der Waals surface area contributed by atoms with Crippen molar-refractivity contribution in [1.82, 2.24) is 0 Å². The third-order valence-corrected chi connectivity index (χ3v) is 3.28. The second-order valence-electron chi connectivity index (χ2n) is 4.76. The van der Waals surface area contributed by atoms with E-state index in [4.69, 9.17) is 5.73 Å². The van der Waals surface area contributed by atoms with Gasteiger partial charge in [0.1, 0.15) is 11.9 Å². The van der Waals surface area contributed by atoms with Gasteiger partial charge in [0.25, 0.3) is 0 Å². The number of phenolic OH excluding ortho intramolecular Hbond substituents is 1. The Hall–Kier alpha value is -1.88. The van der Waals surface area contributed by atoms with E-state index in [9.17, 15) is 15.3 Å². The number of benzene rings is 2. The zero-order valence-corrected chi connectivity index (χ0v) is 11.1. The zero-order chi connectivity index (χ0) is 14.5. The molecule has 4 heteroatoms. The van der Waals surface area contributed by atoms with Gasteiger partial charge in [0.2, 0.25) is 0 Å². The van der Waals surface area contributed by atoms with Gasteiger partial charge in [-0.25, -0.2) is 0 Å². The van der Waals surface area contributed by atoms with Crippen LogP contribution >= 0.6 is 0 Å². The molecule has 0 aromatic heterocycles. The van der Waals surface area contributed by atoms with Crippen molar-refractivity contribution >= 4 is 0 Å². The molecule has 0 amide bonds. The maximum absolute atomic E-state index is 9.98. The van der Waals surface area contributed by atoms with Gasteiger partial charge in [-0.15, -0.1) is 0 Å². The Morgan fingerprint density at radius 3 is 1.85 bits per heavy atom. The Morgan fingerprint density at radius 1 is 0.850 bits per heavy atom. The standard InChI is InChI=1S/C16H19NO3/c17-10-9-15(19)16(20)13-3-1-11(2-4-13)12-5-7-14(18)8-6-12/h1-8,15-16,18-20H,9-10,17H2. The summed E-state index contributed by atoms with van der Waals surface area (Å²) in [4.78, 5) is 0. The second kappa shape index (κ2) is 6.52. The van der Waals surface area contributed by atoms with Crippen LogP contribution in [0, 0.1) is 0 Å². The summed E-state index contributed by atoms with van der Waals surface area (Å²) >= 11 is 0. The van der Waals surface area contributed by atoms with E-state index in [-0.39, 0.29) is 5.75 Å². The third kappa shape index (κ3) is 3.36. The predicted octanol–water partition coefficient (Wildman–Crippen LogP) is 1.80. The second-order valence-corrected chi connectivity index (χ2v) is 4.76. The monoisotopic (exact) mass is 273 g/mol. The molecule has 2 rings (SSSR count). The minimum absolute atomic E-state index is 0.227. The molecule has 20 heavy (non-hydrogen) atoms. The molecule has 0 fully saturated rings. The summed E-state index contributed by atoms with van der Waals surface area (Å²) in [5, 5.41) is 29.0. The molecule has 0 radical (unpaired) electrons. The van der Waals surface area contributed by atoms with Gasteiger partial charge in [-0.1, -0.05) is 36.4 Å². The van der Waals surface area contributed by atoms with Gasteiger partial charge in [-0.2, -0.15) is 0 Å². The van der Waals surface area contributed by atoms with Crippen molar-refractivity contribution in [3.63, 3.8) is 0 Å². The van der Waals surface area contributed by atoms with Crippen molar-refractivity contribution in [3.8, 4) is 16.9 Å². The molecule has 0 aliphatic heterocycles. The highest BCUT2D eigenvalue weighted by Gasteiger charge is 2.17. The van der Waals surface area contributed by atoms with Gasteiger partial charge >= 0.3 is 0 Å². The topological polar surface area (TPSA) is 86.7 Å². The molecule has 2 aromatic rings. The zero-order valence-electron chi connectivity index (χ0n) is 11.1. The van der Waals surface area contributed by atoms with Crippen molar-refractivity contribution < 1.29 is 15.3 Å². The summed E-state index contributed by atoms with van der Waals surface area (Å²) in [5.74, 6) is 0.227. The van der Waals surface area contributed by atoms with Gasteiger partial charge in [0, 0.05) is 0 Å². The minimum Gasteiger partial charge on any atom is -0.508 e. The Balaban J connectivity index is 2.15. The molecule has 4 nitrogen and oxygen atoms in total. The number of nitrogens with two attached hydrogens (primary N) is 1. The van der Waals surface area contributed by atoms with Crippen LogP contribution in [0.25, 0.3) is 11.1 Å². The quantitative estimate of drug-likeness (QED) is 0.669. The molecular weight excluding hydrogens is 254 g/mol. The summed E-state index contributed by atoms with van der Waals surface area (Å²) in [6.45, 7) is 0.337. The SMILES string of the molecule is NCCC(O)C(O)c1ccc(-c2ccc(O)cc2)cc1. The number of rotatable bonds is 5. The molecule has 106 valence electrons. The lowest BCUT2D eigenvalue weighted by Crippen LogP contribution is -2.21. The van der Waals surface area contributed by atoms with Crippen LogP contribution in [0.1, 0.15) is 18.1 Å². The normalized spacial score (nSPS) is 13.9. The molecule has 0 heterocycles. The van der Waals surface area contributed by atoms with Crippen LogP contribution in [0.3, 0.4) is 0 Å². The average Bonchev–Trinajstić information content (AvgIpc) is 2.48. The fourth-order valence-corrected chi connectivity index (χ4v) is 2.08. The van der Waals surface area contributed by atoms with Crippen molar-refractivity contribution in [1.29, 1.82) is 0 Å². The summed E-state index contributed by atoms with van der Waals surface area (Å²) in [5.41, 5.74) is 7.99. The highest BCUT2D eigenvalue weighted by molar-refractivity contribution is 5.64. The summed E-state index contributed by atoms with van der Waals surface area (Å²) in [6.07, 6.45) is -1.41. The van der Waals surface area contributed by atoms with E-state index in [0.717, 1.165) is 11.1 Å². The van der Waals surface area contributed by atoms with E-state index >= 15 is 0 Å². The molecule has 0 saturated carbocycles. The smallest absolute Gasteiger partial charge is 0.115 e. The molecule has 2 aromatic carbocycles. The molecule has 2 unspecified atom stereocenters. The molecular formula is C16H19NO3. The molecule has 0 aliphatic carbocycles. The lowest BCUT2D eigenvalue weighted by atomic mass is 9.98. The lowest BCUT2D eigenvalue weighted by Gasteiger charge is -2.17. The summed E-state index contributed by atoms with van der Waals surface area (Å²) in [6, 6.07) is 14.2. The van der Waals surface area contributed by atoms with Crippen molar-refractivity contribution in [2.45, 2.75) is 18.6 Å². The van der Waals surface area contributed by atoms with Crippen LogP contribution in [0.2, 0.25) is 0 Å². The van der Waals surface area contributed by atoms with Crippen LogP contribution in [0.4, 0.5) is 0 Å². The van der Waals surface area contributed by atoms with Crippen LogP contribution in [-0.4, -0.2) is 28.0 Å². The molecule has 0 spiro atoms. The Labute approximate surface area is 118 Å². The number of hydrogen-bond donors (Lipinski definition) is 4. The maximum Gasteiger partial charge on any atom is 0.115 e. The average molecular weight is 273 g/mol. The van der Waals surface area contributed by atoms with Crippen LogP contribution in [-0.2, 0) is 0 Å². The Bertz CT molecular complexity index is 537. The first kappa shape index (κ1) is 14.5. The number of aliphatic hydroxyl groups excluding tert-OH is 2. The summed E-state index contributed by atoms with van der Waals surface area (Å²) < 4.78 is 0. The first-order valence-electron chi connectivity index (χ1n) is 6.57. The fourth-order valence-electron chi connectivity index (χ4n) is 2.08. The lowest BCUT2D eigenvalue weighted by molar-refractivity contribution is 0.0150. The van der Waals surface area contributed by atoms with Crippen LogP contribution in [0.5, 0.6) is 5.75 Å². The molecule has 5 N–H and O–H groups in total. The van der Waals surface area contributed by atoms with E-state index in [0.29, 0.717) is 18.5 Å². The number of aliphatic hydroxyl groups is 2. The predicted molar refractivity (Wildman–Crippen MR) is 78.2 cm³/mol. The van der Waals surface area contributed by atoms with E-state index < -0.39 is 12.2 Å². The molecule has 2 atom stereocenters. The van der Waals surface area contributed by atoms with E-state index in [1.54, 1.807) is 24.3 Å². The first-order chi connectivity index (χ1) is 9.61. The highest BCUT2D eigenvalue weighted by Crippen LogP contribution is 2.25. The Morgan fingerprint density at radius 2 is 1.35 bits per heavy atom. The first-order valence-corrected chi connectivity index (χ1v) is 6.57.